The lowest BCUT2D eigenvalue weighted by molar-refractivity contribution is 0.189. The van der Waals surface area contributed by atoms with Crippen LogP contribution in [0.5, 0.6) is 23.0 Å². The first-order valence-corrected chi connectivity index (χ1v) is 8.53. The predicted octanol–water partition coefficient (Wildman–Crippen LogP) is 3.64. The summed E-state index contributed by atoms with van der Waals surface area (Å²) in [4.78, 5) is 11.3. The Bertz CT molecular complexity index is 864. The normalized spacial score (nSPS) is 15.0. The Morgan fingerprint density at radius 2 is 1.78 bits per heavy atom. The number of aryl methyl sites for hydroxylation is 1. The van der Waals surface area contributed by atoms with Gasteiger partial charge in [-0.3, -0.25) is 0 Å². The molecule has 0 saturated carbocycles. The molecule has 2 aromatic rings. The Labute approximate surface area is 157 Å². The number of fused-ring (bicyclic) bond motifs is 3. The zero-order valence-corrected chi connectivity index (χ0v) is 15.8. The van der Waals surface area contributed by atoms with Crippen molar-refractivity contribution in [3.8, 4) is 34.1 Å². The van der Waals surface area contributed by atoms with Gasteiger partial charge in [0.15, 0.2) is 11.5 Å². The van der Waals surface area contributed by atoms with Crippen LogP contribution in [0.2, 0.25) is 0 Å². The van der Waals surface area contributed by atoms with E-state index in [9.17, 15) is 9.90 Å². The van der Waals surface area contributed by atoms with Crippen molar-refractivity contribution in [3.63, 3.8) is 0 Å². The minimum absolute atomic E-state index is 0.373. The van der Waals surface area contributed by atoms with Gasteiger partial charge in [0.05, 0.1) is 34.5 Å². The zero-order valence-electron chi connectivity index (χ0n) is 15.8. The molecule has 0 fully saturated rings. The second kappa shape index (κ2) is 7.65. The van der Waals surface area contributed by atoms with Crippen LogP contribution in [0.15, 0.2) is 24.3 Å². The van der Waals surface area contributed by atoms with E-state index in [1.807, 2.05) is 24.3 Å². The summed E-state index contributed by atoms with van der Waals surface area (Å²) in [6.07, 6.45) is 0.174. The first kappa shape index (κ1) is 18.7. The van der Waals surface area contributed by atoms with E-state index in [1.165, 1.54) is 0 Å². The number of carbonyl (C=O) groups is 1. The summed E-state index contributed by atoms with van der Waals surface area (Å²) in [7, 11) is 6.31. The molecular weight excluding hydrogens is 350 g/mol. The maximum absolute atomic E-state index is 11.3. The van der Waals surface area contributed by atoms with E-state index in [4.69, 9.17) is 18.9 Å². The molecule has 1 atom stereocenters. The third-order valence-corrected chi connectivity index (χ3v) is 4.82. The minimum atomic E-state index is -1.07. The minimum Gasteiger partial charge on any atom is -0.497 e. The SMILES string of the molecule is COc1ccc2c(c1)[C@@H](NC(=O)O)CCc1cc(OC)c(OC)c(OC)c1-2. The second-order valence-corrected chi connectivity index (χ2v) is 6.17. The van der Waals surface area contributed by atoms with Crippen molar-refractivity contribution in [1.82, 2.24) is 5.32 Å². The summed E-state index contributed by atoms with van der Waals surface area (Å²) < 4.78 is 22.0. The highest BCUT2D eigenvalue weighted by Crippen LogP contribution is 2.50. The van der Waals surface area contributed by atoms with Crippen molar-refractivity contribution in [2.45, 2.75) is 18.9 Å². The van der Waals surface area contributed by atoms with E-state index in [2.05, 4.69) is 5.32 Å². The molecule has 0 saturated heterocycles. The largest absolute Gasteiger partial charge is 0.497 e. The lowest BCUT2D eigenvalue weighted by atomic mass is 9.93. The van der Waals surface area contributed by atoms with Crippen molar-refractivity contribution >= 4 is 6.09 Å². The fourth-order valence-electron chi connectivity index (χ4n) is 3.64. The maximum Gasteiger partial charge on any atom is 0.405 e. The monoisotopic (exact) mass is 373 g/mol. The van der Waals surface area contributed by atoms with E-state index >= 15 is 0 Å². The Morgan fingerprint density at radius 1 is 1.04 bits per heavy atom. The molecule has 27 heavy (non-hydrogen) atoms. The summed E-state index contributed by atoms with van der Waals surface area (Å²) >= 11 is 0. The quantitative estimate of drug-likeness (QED) is 0.832. The van der Waals surface area contributed by atoms with Crippen LogP contribution in [-0.4, -0.2) is 39.6 Å². The van der Waals surface area contributed by atoms with Crippen LogP contribution < -0.4 is 24.3 Å². The Balaban J connectivity index is 2.30. The summed E-state index contributed by atoms with van der Waals surface area (Å²) in [5, 5.41) is 11.9. The lowest BCUT2D eigenvalue weighted by Crippen LogP contribution is -2.27. The van der Waals surface area contributed by atoms with Crippen molar-refractivity contribution in [1.29, 1.82) is 0 Å². The maximum atomic E-state index is 11.3. The number of methoxy groups -OCH3 is 4. The first-order valence-electron chi connectivity index (χ1n) is 8.53. The average molecular weight is 373 g/mol. The number of ether oxygens (including phenoxy) is 4. The number of rotatable bonds is 5. The molecule has 1 aliphatic carbocycles. The highest BCUT2D eigenvalue weighted by molar-refractivity contribution is 5.83. The Kier molecular flexibility index (Phi) is 5.30. The number of hydrogen-bond acceptors (Lipinski definition) is 5. The van der Waals surface area contributed by atoms with Gasteiger partial charge >= 0.3 is 6.09 Å². The summed E-state index contributed by atoms with van der Waals surface area (Å²) in [6.45, 7) is 0. The van der Waals surface area contributed by atoms with Crippen molar-refractivity contribution in [2.75, 3.05) is 28.4 Å². The van der Waals surface area contributed by atoms with Gasteiger partial charge in [-0.2, -0.15) is 0 Å². The van der Waals surface area contributed by atoms with Crippen LogP contribution in [0.4, 0.5) is 4.79 Å². The van der Waals surface area contributed by atoms with Crippen molar-refractivity contribution in [3.05, 3.63) is 35.4 Å². The molecule has 0 radical (unpaired) electrons. The van der Waals surface area contributed by atoms with Crippen molar-refractivity contribution in [2.24, 2.45) is 0 Å². The van der Waals surface area contributed by atoms with Crippen LogP contribution in [-0.2, 0) is 6.42 Å². The molecule has 0 aliphatic heterocycles. The smallest absolute Gasteiger partial charge is 0.405 e. The average Bonchev–Trinajstić information content (AvgIpc) is 2.82. The van der Waals surface area contributed by atoms with E-state index in [0.717, 1.165) is 22.3 Å². The van der Waals surface area contributed by atoms with E-state index in [-0.39, 0.29) is 6.04 Å². The van der Waals surface area contributed by atoms with Crippen LogP contribution >= 0.6 is 0 Å². The molecule has 3 rings (SSSR count). The topological polar surface area (TPSA) is 86.3 Å². The molecule has 2 N–H and O–H groups in total. The first-order chi connectivity index (χ1) is 13.0. The van der Waals surface area contributed by atoms with Gasteiger partial charge in [0.25, 0.3) is 0 Å². The standard InChI is InChI=1S/C20H23NO6/c1-24-12-6-7-13-14(10-12)15(21-20(22)23)8-5-11-9-16(25-2)18(26-3)19(27-4)17(11)13/h6-7,9-10,15,21H,5,8H2,1-4H3,(H,22,23)/t15-/m0/s1. The van der Waals surface area contributed by atoms with Gasteiger partial charge < -0.3 is 29.4 Å². The molecule has 7 heteroatoms. The Morgan fingerprint density at radius 3 is 2.37 bits per heavy atom. The summed E-state index contributed by atoms with van der Waals surface area (Å²) in [6, 6.07) is 7.18. The molecule has 1 amide bonds. The van der Waals surface area contributed by atoms with Crippen LogP contribution in [0.1, 0.15) is 23.6 Å². The van der Waals surface area contributed by atoms with E-state index < -0.39 is 6.09 Å². The van der Waals surface area contributed by atoms with E-state index in [1.54, 1.807) is 28.4 Å². The molecule has 0 heterocycles. The van der Waals surface area contributed by atoms with Crippen LogP contribution in [0.3, 0.4) is 0 Å². The molecule has 1 aliphatic rings. The van der Waals surface area contributed by atoms with Crippen LogP contribution in [0, 0.1) is 0 Å². The van der Waals surface area contributed by atoms with Gasteiger partial charge in [0, 0.05) is 5.56 Å². The molecule has 7 nitrogen and oxygen atoms in total. The number of benzene rings is 2. The van der Waals surface area contributed by atoms with Gasteiger partial charge in [-0.15, -0.1) is 0 Å². The molecular formula is C20H23NO6. The third kappa shape index (κ3) is 3.32. The van der Waals surface area contributed by atoms with Gasteiger partial charge in [-0.1, -0.05) is 6.07 Å². The number of amides is 1. The molecule has 0 bridgehead atoms. The fourth-order valence-corrected chi connectivity index (χ4v) is 3.64. The number of carboxylic acid groups (broad SMARTS) is 1. The Hall–Kier alpha value is -3.09. The molecule has 0 unspecified atom stereocenters. The predicted molar refractivity (Wildman–Crippen MR) is 100 cm³/mol. The highest BCUT2D eigenvalue weighted by atomic mass is 16.5. The number of hydrogen-bond donors (Lipinski definition) is 2. The fraction of sp³-hybridized carbons (Fsp3) is 0.350. The summed E-state index contributed by atoms with van der Waals surface area (Å²) in [5.41, 5.74) is 3.59. The summed E-state index contributed by atoms with van der Waals surface area (Å²) in [5.74, 6) is 2.31. The van der Waals surface area contributed by atoms with Gasteiger partial charge in [-0.25, -0.2) is 4.79 Å². The molecule has 0 aromatic heterocycles. The molecule has 2 aromatic carbocycles. The molecule has 144 valence electrons. The van der Waals surface area contributed by atoms with Gasteiger partial charge in [0.2, 0.25) is 5.75 Å². The van der Waals surface area contributed by atoms with Gasteiger partial charge in [0.1, 0.15) is 5.75 Å². The third-order valence-electron chi connectivity index (χ3n) is 4.82. The highest BCUT2D eigenvalue weighted by Gasteiger charge is 2.29. The number of nitrogens with one attached hydrogen (secondary N) is 1. The second-order valence-electron chi connectivity index (χ2n) is 6.17. The van der Waals surface area contributed by atoms with E-state index in [0.29, 0.717) is 35.8 Å². The zero-order chi connectivity index (χ0) is 19.6. The lowest BCUT2D eigenvalue weighted by Gasteiger charge is -2.21. The van der Waals surface area contributed by atoms with Crippen LogP contribution in [0.25, 0.3) is 11.1 Å². The van der Waals surface area contributed by atoms with Crippen molar-refractivity contribution < 1.29 is 28.8 Å². The van der Waals surface area contributed by atoms with Gasteiger partial charge in [-0.05, 0) is 47.7 Å². The molecule has 0 spiro atoms.